The van der Waals surface area contributed by atoms with Crippen LogP contribution in [0.2, 0.25) is 0 Å². The number of carboxylic acid groups (broad SMARTS) is 1. The van der Waals surface area contributed by atoms with E-state index in [2.05, 4.69) is 10.3 Å². The molecule has 3 heterocycles. The number of fused-ring (bicyclic) bond motifs is 1. The summed E-state index contributed by atoms with van der Waals surface area (Å²) in [6.45, 7) is 0. The van der Waals surface area contributed by atoms with Crippen LogP contribution in [0.25, 0.3) is 0 Å². The molecule has 2 aliphatic rings. The zero-order valence-corrected chi connectivity index (χ0v) is 13.0. The predicted molar refractivity (Wildman–Crippen MR) is 81.6 cm³/mol. The van der Waals surface area contributed by atoms with Gasteiger partial charge in [0.1, 0.15) is 22.8 Å². The van der Waals surface area contributed by atoms with E-state index >= 15 is 0 Å². The van der Waals surface area contributed by atoms with E-state index in [0.717, 1.165) is 16.2 Å². The summed E-state index contributed by atoms with van der Waals surface area (Å²) in [5.41, 5.74) is 5.21. The Labute approximate surface area is 137 Å². The monoisotopic (exact) mass is 354 g/mol. The molecular formula is C12H10N4O5S2. The highest BCUT2D eigenvalue weighted by Gasteiger charge is 2.53. The molecule has 2 aliphatic heterocycles. The van der Waals surface area contributed by atoms with Gasteiger partial charge in [-0.25, -0.2) is 9.78 Å². The highest BCUT2D eigenvalue weighted by molar-refractivity contribution is 8.00. The number of aliphatic carboxylic acids is 1. The first-order valence-electron chi connectivity index (χ1n) is 6.34. The van der Waals surface area contributed by atoms with Crippen molar-refractivity contribution in [2.45, 2.75) is 11.4 Å². The van der Waals surface area contributed by atoms with Crippen molar-refractivity contribution < 1.29 is 24.3 Å². The van der Waals surface area contributed by atoms with E-state index in [9.17, 15) is 19.2 Å². The van der Waals surface area contributed by atoms with Gasteiger partial charge in [0.25, 0.3) is 17.6 Å². The van der Waals surface area contributed by atoms with E-state index in [4.69, 9.17) is 10.8 Å². The molecule has 11 heteroatoms. The van der Waals surface area contributed by atoms with Gasteiger partial charge in [-0.05, 0) is 6.08 Å². The quantitative estimate of drug-likeness (QED) is 0.365. The molecule has 0 radical (unpaired) electrons. The number of thiazole rings is 1. The molecule has 4 N–H and O–H groups in total. The molecule has 0 aromatic carbocycles. The van der Waals surface area contributed by atoms with Crippen molar-refractivity contribution in [3.05, 3.63) is 22.8 Å². The average molecular weight is 354 g/mol. The van der Waals surface area contributed by atoms with Crippen molar-refractivity contribution in [3.63, 3.8) is 0 Å². The number of carbonyl (C=O) groups is 4. The minimum absolute atomic E-state index is 0.0870. The van der Waals surface area contributed by atoms with E-state index in [1.165, 1.54) is 23.2 Å². The number of nitrogens with zero attached hydrogens (tertiary/aromatic N) is 2. The fraction of sp³-hybridized carbons (Fsp3) is 0.250. The van der Waals surface area contributed by atoms with E-state index < -0.39 is 35.0 Å². The third kappa shape index (κ3) is 2.57. The highest BCUT2D eigenvalue weighted by Crippen LogP contribution is 2.37. The summed E-state index contributed by atoms with van der Waals surface area (Å²) < 4.78 is 0. The van der Waals surface area contributed by atoms with Crippen molar-refractivity contribution in [3.8, 4) is 0 Å². The molecule has 2 atom stereocenters. The second kappa shape index (κ2) is 5.66. The standard InChI is InChI=1S/C12H10N4O5S2/c13-12-14-4(3-23-12)7(17)8(18)15-6-9(19)16-5(11(20)21)1-2-22-10(6)16/h1,3,6,10H,2H2,(H2,13,14)(H,15,18)(H,20,21)/t6?,10-/m1/s1. The zero-order valence-electron chi connectivity index (χ0n) is 11.4. The van der Waals surface area contributed by atoms with Gasteiger partial charge < -0.3 is 16.2 Å². The van der Waals surface area contributed by atoms with Crippen molar-refractivity contribution in [1.29, 1.82) is 0 Å². The van der Waals surface area contributed by atoms with Gasteiger partial charge >= 0.3 is 5.97 Å². The number of thioether (sulfide) groups is 1. The topological polar surface area (TPSA) is 143 Å². The first kappa shape index (κ1) is 15.5. The van der Waals surface area contributed by atoms with Crippen LogP contribution in [0.5, 0.6) is 0 Å². The molecule has 23 heavy (non-hydrogen) atoms. The Bertz CT molecular complexity index is 758. The molecule has 9 nitrogen and oxygen atoms in total. The van der Waals surface area contributed by atoms with E-state index in [-0.39, 0.29) is 16.5 Å². The van der Waals surface area contributed by atoms with Crippen LogP contribution in [-0.4, -0.2) is 55.7 Å². The first-order valence-corrected chi connectivity index (χ1v) is 8.27. The molecular weight excluding hydrogens is 344 g/mol. The van der Waals surface area contributed by atoms with Crippen LogP contribution in [0.1, 0.15) is 10.5 Å². The van der Waals surface area contributed by atoms with Gasteiger partial charge in [0.2, 0.25) is 0 Å². The van der Waals surface area contributed by atoms with Crippen molar-refractivity contribution in [1.82, 2.24) is 15.2 Å². The molecule has 1 unspecified atom stereocenters. The summed E-state index contributed by atoms with van der Waals surface area (Å²) in [5, 5.41) is 12.4. The lowest BCUT2D eigenvalue weighted by atomic mass is 10.0. The summed E-state index contributed by atoms with van der Waals surface area (Å²) in [6.07, 6.45) is 1.43. The van der Waals surface area contributed by atoms with Crippen molar-refractivity contribution in [2.75, 3.05) is 11.5 Å². The fourth-order valence-corrected chi connectivity index (χ4v) is 3.99. The van der Waals surface area contributed by atoms with E-state index in [1.54, 1.807) is 0 Å². The van der Waals surface area contributed by atoms with Crippen molar-refractivity contribution >= 4 is 51.8 Å². The number of nitrogen functional groups attached to an aromatic ring is 1. The Morgan fingerprint density at radius 3 is 2.78 bits per heavy atom. The molecule has 1 fully saturated rings. The molecule has 0 saturated carbocycles. The Balaban J connectivity index is 1.69. The van der Waals surface area contributed by atoms with Crippen LogP contribution >= 0.6 is 23.1 Å². The van der Waals surface area contributed by atoms with Gasteiger partial charge in [-0.2, -0.15) is 0 Å². The number of Topliss-reactive ketones (excluding diaryl/α,β-unsaturated/α-hetero) is 1. The number of hydrogen-bond acceptors (Lipinski definition) is 8. The summed E-state index contributed by atoms with van der Waals surface area (Å²) in [6, 6.07) is -0.935. The Hall–Kier alpha value is -2.40. The molecule has 0 spiro atoms. The molecule has 1 aromatic rings. The van der Waals surface area contributed by atoms with Gasteiger partial charge in [-0.15, -0.1) is 23.1 Å². The number of carbonyl (C=O) groups excluding carboxylic acids is 3. The Kier molecular flexibility index (Phi) is 3.82. The second-order valence-corrected chi connectivity index (χ2v) is 6.72. The van der Waals surface area contributed by atoms with Gasteiger partial charge in [-0.1, -0.05) is 0 Å². The fourth-order valence-electron chi connectivity index (χ4n) is 2.25. The maximum absolute atomic E-state index is 12.1. The molecule has 1 saturated heterocycles. The van der Waals surface area contributed by atoms with Crippen LogP contribution in [0, 0.1) is 0 Å². The molecule has 120 valence electrons. The second-order valence-electron chi connectivity index (χ2n) is 4.68. The van der Waals surface area contributed by atoms with Gasteiger partial charge in [0.05, 0.1) is 0 Å². The summed E-state index contributed by atoms with van der Waals surface area (Å²) in [4.78, 5) is 51.8. The lowest BCUT2D eigenvalue weighted by molar-refractivity contribution is -0.150. The molecule has 2 amide bonds. The Morgan fingerprint density at radius 1 is 1.43 bits per heavy atom. The minimum Gasteiger partial charge on any atom is -0.477 e. The number of ketones is 1. The number of nitrogens with one attached hydrogen (secondary N) is 1. The first-order chi connectivity index (χ1) is 10.9. The number of anilines is 1. The summed E-state index contributed by atoms with van der Waals surface area (Å²) in [5.74, 6) is -3.23. The zero-order chi connectivity index (χ0) is 16.7. The number of amides is 2. The maximum atomic E-state index is 12.1. The number of β-lactam (4-membered cyclic amide) rings is 1. The third-order valence-corrected chi connectivity index (χ3v) is 5.17. The molecule has 0 aliphatic carbocycles. The van der Waals surface area contributed by atoms with E-state index in [1.807, 2.05) is 0 Å². The van der Waals surface area contributed by atoms with Crippen LogP contribution < -0.4 is 11.1 Å². The SMILES string of the molecule is Nc1nc(C(=O)C(=O)NC2C(=O)N3C(C(=O)O)=CCS[C@H]23)cs1. The van der Waals surface area contributed by atoms with Gasteiger partial charge in [-0.3, -0.25) is 19.3 Å². The van der Waals surface area contributed by atoms with Crippen LogP contribution in [0.4, 0.5) is 5.13 Å². The number of nitrogens with two attached hydrogens (primary N) is 1. The average Bonchev–Trinajstić information content (AvgIpc) is 2.96. The van der Waals surface area contributed by atoms with Crippen LogP contribution in [0.3, 0.4) is 0 Å². The number of rotatable bonds is 4. The number of hydrogen-bond donors (Lipinski definition) is 3. The molecule has 0 bridgehead atoms. The highest BCUT2D eigenvalue weighted by atomic mass is 32.2. The third-order valence-electron chi connectivity index (χ3n) is 3.31. The van der Waals surface area contributed by atoms with Crippen LogP contribution in [-0.2, 0) is 14.4 Å². The summed E-state index contributed by atoms with van der Waals surface area (Å²) >= 11 is 2.33. The molecule has 3 rings (SSSR count). The smallest absolute Gasteiger partial charge is 0.352 e. The van der Waals surface area contributed by atoms with Crippen molar-refractivity contribution in [2.24, 2.45) is 0 Å². The number of carboxylic acids is 1. The summed E-state index contributed by atoms with van der Waals surface area (Å²) in [7, 11) is 0. The Morgan fingerprint density at radius 2 is 2.17 bits per heavy atom. The minimum atomic E-state index is -1.21. The van der Waals surface area contributed by atoms with Gasteiger partial charge in [0.15, 0.2) is 5.13 Å². The normalized spacial score (nSPS) is 22.7. The van der Waals surface area contributed by atoms with Crippen LogP contribution in [0.15, 0.2) is 17.2 Å². The largest absolute Gasteiger partial charge is 0.477 e. The lowest BCUT2D eigenvalue weighted by Gasteiger charge is -2.48. The maximum Gasteiger partial charge on any atom is 0.352 e. The number of aromatic nitrogens is 1. The lowest BCUT2D eigenvalue weighted by Crippen LogP contribution is -2.70. The van der Waals surface area contributed by atoms with Gasteiger partial charge in [0, 0.05) is 11.1 Å². The van der Waals surface area contributed by atoms with E-state index in [0.29, 0.717) is 5.75 Å². The molecule has 1 aromatic heterocycles. The predicted octanol–water partition coefficient (Wildman–Crippen LogP) is -0.724.